The first kappa shape index (κ1) is 29.5. The summed E-state index contributed by atoms with van der Waals surface area (Å²) in [6.07, 6.45) is 20.7. The molecule has 1 aliphatic carbocycles. The Morgan fingerprint density at radius 2 is 1.36 bits per heavy atom. The van der Waals surface area contributed by atoms with Crippen LogP contribution in [0.5, 0.6) is 0 Å². The maximum absolute atomic E-state index is 13.6. The average Bonchev–Trinajstić information content (AvgIpc) is 3.33. The summed E-state index contributed by atoms with van der Waals surface area (Å²) in [7, 11) is 0. The molecule has 0 N–H and O–H groups in total. The van der Waals surface area contributed by atoms with Crippen molar-refractivity contribution in [1.29, 1.82) is 0 Å². The Bertz CT molecular complexity index is 824. The first-order valence-corrected chi connectivity index (χ1v) is 16.0. The van der Waals surface area contributed by atoms with Crippen LogP contribution in [0.3, 0.4) is 0 Å². The first-order valence-electron chi connectivity index (χ1n) is 15.2. The molecule has 2 aliphatic heterocycles. The van der Waals surface area contributed by atoms with Crippen LogP contribution in [0.4, 0.5) is 0 Å². The van der Waals surface area contributed by atoms with E-state index in [9.17, 15) is 9.59 Å². The molecule has 3 aliphatic rings. The molecular formula is C32H53NO2S. The second kappa shape index (κ2) is 13.7. The fourth-order valence-electron chi connectivity index (χ4n) is 6.87. The molecule has 2 amide bonds. The van der Waals surface area contributed by atoms with E-state index < -0.39 is 0 Å². The number of thioether (sulfide) groups is 1. The highest BCUT2D eigenvalue weighted by Gasteiger charge is 2.60. The van der Waals surface area contributed by atoms with Crippen molar-refractivity contribution in [3.63, 3.8) is 0 Å². The predicted molar refractivity (Wildman–Crippen MR) is 155 cm³/mol. The van der Waals surface area contributed by atoms with Gasteiger partial charge in [0.25, 0.3) is 5.91 Å². The molecule has 0 bridgehead atoms. The van der Waals surface area contributed by atoms with Crippen molar-refractivity contribution in [1.82, 2.24) is 4.90 Å². The zero-order valence-corrected chi connectivity index (χ0v) is 25.0. The summed E-state index contributed by atoms with van der Waals surface area (Å²) in [6.45, 7) is 13.8. The van der Waals surface area contributed by atoms with Crippen molar-refractivity contribution in [2.45, 2.75) is 137 Å². The fourth-order valence-corrected chi connectivity index (χ4v) is 8.30. The highest BCUT2D eigenvalue weighted by molar-refractivity contribution is 8.03. The number of allylic oxidation sites excluding steroid dienone is 3. The summed E-state index contributed by atoms with van der Waals surface area (Å²) in [4.78, 5) is 30.2. The minimum absolute atomic E-state index is 0.0119. The Kier molecular flexibility index (Phi) is 11.2. The molecule has 1 saturated heterocycles. The van der Waals surface area contributed by atoms with E-state index in [-0.39, 0.29) is 35.0 Å². The average molecular weight is 516 g/mol. The number of carbonyl (C=O) groups is 2. The molecule has 0 spiro atoms. The largest absolute Gasteiger partial charge is 0.278 e. The summed E-state index contributed by atoms with van der Waals surface area (Å²) in [5.41, 5.74) is 1.86. The lowest BCUT2D eigenvalue weighted by atomic mass is 9.61. The van der Waals surface area contributed by atoms with Gasteiger partial charge in [-0.25, -0.2) is 0 Å². The van der Waals surface area contributed by atoms with Crippen LogP contribution in [0.15, 0.2) is 22.1 Å². The van der Waals surface area contributed by atoms with E-state index >= 15 is 0 Å². The fraction of sp³-hybridized carbons (Fsp3) is 0.812. The molecule has 0 radical (unpaired) electrons. The van der Waals surface area contributed by atoms with Gasteiger partial charge in [-0.1, -0.05) is 130 Å². The molecule has 3 rings (SSSR count). The maximum atomic E-state index is 13.6. The second-order valence-corrected chi connectivity index (χ2v) is 13.9. The highest BCUT2D eigenvalue weighted by Crippen LogP contribution is 2.60. The molecular weight excluding hydrogens is 462 g/mol. The zero-order valence-electron chi connectivity index (χ0n) is 24.2. The number of nitrogens with zero attached hydrogens (tertiary/aromatic N) is 1. The summed E-state index contributed by atoms with van der Waals surface area (Å²) < 4.78 is 0. The molecule has 0 saturated carbocycles. The van der Waals surface area contributed by atoms with E-state index in [0.717, 1.165) is 18.4 Å². The summed E-state index contributed by atoms with van der Waals surface area (Å²) in [5, 5.41) is 0.349. The molecule has 3 unspecified atom stereocenters. The van der Waals surface area contributed by atoms with E-state index in [2.05, 4.69) is 47.6 Å². The number of rotatable bonds is 16. The third-order valence-electron chi connectivity index (χ3n) is 8.84. The van der Waals surface area contributed by atoms with E-state index in [1.165, 1.54) is 87.5 Å². The number of hydrogen-bond donors (Lipinski definition) is 0. The standard InChI is InChI=1S/C32H53NO2S/c1-7-8-9-10-11-12-13-14-15-16-17-18-19-20-21-33-30(34)27-26(23(2)3)25-22-24(4)36-29(25)32(5,6)28(27)31(33)35/h22-23,25,28-29H,7-21H2,1-6H3. The SMILES string of the molecule is CCCCCCCCCCCCCCCCN1C(=O)C2=C(C(C)C)C3C=C(C)SC3C(C)(C)C2C1=O. The Hall–Kier alpha value is -1.03. The van der Waals surface area contributed by atoms with E-state index in [0.29, 0.717) is 11.8 Å². The van der Waals surface area contributed by atoms with Gasteiger partial charge in [-0.05, 0) is 29.6 Å². The van der Waals surface area contributed by atoms with Gasteiger partial charge in [-0.2, -0.15) is 0 Å². The van der Waals surface area contributed by atoms with Crippen LogP contribution in [0.25, 0.3) is 0 Å². The molecule has 36 heavy (non-hydrogen) atoms. The van der Waals surface area contributed by atoms with Gasteiger partial charge in [0, 0.05) is 23.3 Å². The van der Waals surface area contributed by atoms with E-state index in [4.69, 9.17) is 0 Å². The molecule has 0 aromatic rings. The second-order valence-electron chi connectivity index (χ2n) is 12.5. The molecule has 3 nitrogen and oxygen atoms in total. The normalized spacial score (nSPS) is 25.1. The van der Waals surface area contributed by atoms with Gasteiger partial charge < -0.3 is 0 Å². The third-order valence-corrected chi connectivity index (χ3v) is 10.5. The van der Waals surface area contributed by atoms with E-state index in [1.807, 2.05) is 11.8 Å². The van der Waals surface area contributed by atoms with Crippen LogP contribution in [0.1, 0.15) is 131 Å². The number of hydrogen-bond acceptors (Lipinski definition) is 3. The minimum atomic E-state index is -0.276. The van der Waals surface area contributed by atoms with Crippen molar-refractivity contribution >= 4 is 23.6 Å². The molecule has 204 valence electrons. The summed E-state index contributed by atoms with van der Waals surface area (Å²) in [5.74, 6) is 0.372. The van der Waals surface area contributed by atoms with E-state index in [1.54, 1.807) is 4.90 Å². The Morgan fingerprint density at radius 3 is 1.86 bits per heavy atom. The topological polar surface area (TPSA) is 37.4 Å². The summed E-state index contributed by atoms with van der Waals surface area (Å²) in [6, 6.07) is 0. The van der Waals surface area contributed by atoms with Crippen LogP contribution < -0.4 is 0 Å². The van der Waals surface area contributed by atoms with Gasteiger partial charge in [-0.15, -0.1) is 11.8 Å². The molecule has 2 heterocycles. The lowest BCUT2D eigenvalue weighted by Gasteiger charge is -2.45. The number of unbranched alkanes of at least 4 members (excludes halogenated alkanes) is 13. The van der Waals surface area contributed by atoms with Gasteiger partial charge in [0.15, 0.2) is 0 Å². The Balaban J connectivity index is 1.42. The zero-order chi connectivity index (χ0) is 26.3. The van der Waals surface area contributed by atoms with Gasteiger partial charge in [-0.3, -0.25) is 14.5 Å². The smallest absolute Gasteiger partial charge is 0.257 e. The number of amides is 2. The minimum Gasteiger partial charge on any atom is -0.278 e. The van der Waals surface area contributed by atoms with Gasteiger partial charge in [0.1, 0.15) is 0 Å². The quantitative estimate of drug-likeness (QED) is 0.152. The molecule has 0 aromatic carbocycles. The van der Waals surface area contributed by atoms with Crippen molar-refractivity contribution in [2.24, 2.45) is 23.2 Å². The molecule has 0 aromatic heterocycles. The predicted octanol–water partition coefficient (Wildman–Crippen LogP) is 9.08. The Labute approximate surface area is 226 Å². The van der Waals surface area contributed by atoms with Crippen molar-refractivity contribution in [3.05, 3.63) is 22.1 Å². The highest BCUT2D eigenvalue weighted by atomic mass is 32.2. The molecule has 1 fully saturated rings. The van der Waals surface area contributed by atoms with Crippen molar-refractivity contribution in [2.75, 3.05) is 6.54 Å². The number of carbonyl (C=O) groups excluding carboxylic acids is 2. The maximum Gasteiger partial charge on any atom is 0.257 e. The van der Waals surface area contributed by atoms with Crippen LogP contribution in [0, 0.1) is 23.2 Å². The van der Waals surface area contributed by atoms with Gasteiger partial charge in [0.2, 0.25) is 5.91 Å². The summed E-state index contributed by atoms with van der Waals surface area (Å²) >= 11 is 1.91. The van der Waals surface area contributed by atoms with Crippen LogP contribution >= 0.6 is 11.8 Å². The van der Waals surface area contributed by atoms with Crippen molar-refractivity contribution < 1.29 is 9.59 Å². The van der Waals surface area contributed by atoms with Crippen LogP contribution in [0.2, 0.25) is 0 Å². The van der Waals surface area contributed by atoms with Crippen LogP contribution in [-0.4, -0.2) is 28.5 Å². The molecule has 3 atom stereocenters. The lowest BCUT2D eigenvalue weighted by molar-refractivity contribution is -0.140. The monoisotopic (exact) mass is 515 g/mol. The Morgan fingerprint density at radius 1 is 0.861 bits per heavy atom. The lowest BCUT2D eigenvalue weighted by Crippen LogP contribution is -2.46. The number of likely N-dealkylation sites (tertiary alicyclic amines) is 1. The molecule has 4 heteroatoms. The van der Waals surface area contributed by atoms with Gasteiger partial charge >= 0.3 is 0 Å². The number of imide groups is 1. The van der Waals surface area contributed by atoms with Gasteiger partial charge in [0.05, 0.1) is 5.92 Å². The number of fused-ring (bicyclic) bond motifs is 2. The van der Waals surface area contributed by atoms with Crippen LogP contribution in [-0.2, 0) is 9.59 Å². The first-order chi connectivity index (χ1) is 17.2. The van der Waals surface area contributed by atoms with Crippen molar-refractivity contribution in [3.8, 4) is 0 Å². The third kappa shape index (κ3) is 6.69.